The fraction of sp³-hybridized carbons (Fsp3) is 0.114. The summed E-state index contributed by atoms with van der Waals surface area (Å²) in [5.74, 6) is 0.684. The van der Waals surface area contributed by atoms with Crippen LogP contribution in [0, 0.1) is 0 Å². The topological polar surface area (TPSA) is 46.8 Å². The van der Waals surface area contributed by atoms with Crippen LogP contribution >= 0.6 is 23.2 Å². The van der Waals surface area contributed by atoms with Crippen LogP contribution in [0.4, 0.5) is 0 Å². The number of nitrogens with zero attached hydrogens (tertiary/aromatic N) is 5. The molecule has 0 spiro atoms. The fourth-order valence-corrected chi connectivity index (χ4v) is 5.92. The second kappa shape index (κ2) is 13.1. The van der Waals surface area contributed by atoms with Crippen LogP contribution < -0.4 is 0 Å². The van der Waals surface area contributed by atoms with Crippen molar-refractivity contribution in [2.75, 3.05) is 0 Å². The molecule has 0 radical (unpaired) electrons. The minimum absolute atomic E-state index is 0.249. The molecule has 0 fully saturated rings. The molecule has 1 heterocycles. The summed E-state index contributed by atoms with van der Waals surface area (Å²) in [4.78, 5) is 2.37. The van der Waals surface area contributed by atoms with Gasteiger partial charge in [0.2, 0.25) is 0 Å². The third-order valence-electron chi connectivity index (χ3n) is 7.32. The lowest BCUT2D eigenvalue weighted by Gasteiger charge is -2.33. The molecule has 0 amide bonds. The molecule has 0 N–H and O–H groups in total. The zero-order valence-corrected chi connectivity index (χ0v) is 24.4. The average molecular weight is 591 g/mol. The number of aromatic nitrogens is 4. The zero-order valence-electron chi connectivity index (χ0n) is 22.8. The van der Waals surface area contributed by atoms with Crippen molar-refractivity contribution in [1.82, 2.24) is 25.1 Å². The Bertz CT molecular complexity index is 1630. The van der Waals surface area contributed by atoms with Crippen LogP contribution in [0.1, 0.15) is 45.7 Å². The Morgan fingerprint density at radius 2 is 1.12 bits per heavy atom. The van der Waals surface area contributed by atoms with Crippen molar-refractivity contribution in [2.45, 2.75) is 25.2 Å². The first-order valence-corrected chi connectivity index (χ1v) is 14.6. The standard InChI is InChI=1S/C35H29Cl2N5/c36-30-21-22-31(32(37)23-30)34(41(24-26-13-5-1-6-14-26)25-27-15-7-2-8-16-27)35-38-39-40-42(35)33(28-17-9-3-10-18-28)29-19-11-4-12-20-29/h1-23,33-34H,24-25H2/t34-/m0/s1. The monoisotopic (exact) mass is 589 g/mol. The van der Waals surface area contributed by atoms with E-state index in [-0.39, 0.29) is 12.1 Å². The Morgan fingerprint density at radius 3 is 1.62 bits per heavy atom. The van der Waals surface area contributed by atoms with E-state index in [1.54, 1.807) is 6.07 Å². The van der Waals surface area contributed by atoms with Crippen molar-refractivity contribution >= 4 is 23.2 Å². The van der Waals surface area contributed by atoms with Gasteiger partial charge in [0.05, 0.1) is 6.04 Å². The highest BCUT2D eigenvalue weighted by Crippen LogP contribution is 2.38. The number of hydrogen-bond acceptors (Lipinski definition) is 4. The molecule has 5 nitrogen and oxygen atoms in total. The maximum Gasteiger partial charge on any atom is 0.174 e. The van der Waals surface area contributed by atoms with E-state index in [0.29, 0.717) is 29.0 Å². The van der Waals surface area contributed by atoms with Crippen molar-refractivity contribution in [3.8, 4) is 0 Å². The lowest BCUT2D eigenvalue weighted by molar-refractivity contribution is 0.194. The van der Waals surface area contributed by atoms with Gasteiger partial charge in [-0.15, -0.1) is 5.10 Å². The molecule has 42 heavy (non-hydrogen) atoms. The van der Waals surface area contributed by atoms with Crippen molar-refractivity contribution in [3.05, 3.63) is 183 Å². The second-order valence-corrected chi connectivity index (χ2v) is 11.0. The Kier molecular flexibility index (Phi) is 8.71. The molecule has 1 aromatic heterocycles. The van der Waals surface area contributed by atoms with Crippen LogP contribution in [-0.4, -0.2) is 25.1 Å². The SMILES string of the molecule is Clc1ccc([C@@H](c2nnnn2C(c2ccccc2)c2ccccc2)N(Cc2ccccc2)Cc2ccccc2)c(Cl)c1. The van der Waals surface area contributed by atoms with Crippen LogP contribution in [0.5, 0.6) is 0 Å². The lowest BCUT2D eigenvalue weighted by atomic mass is 9.97. The van der Waals surface area contributed by atoms with E-state index in [1.165, 1.54) is 11.1 Å². The van der Waals surface area contributed by atoms with Crippen LogP contribution in [0.2, 0.25) is 10.0 Å². The van der Waals surface area contributed by atoms with E-state index in [1.807, 2.05) is 65.3 Å². The first-order valence-electron chi connectivity index (χ1n) is 13.8. The highest BCUT2D eigenvalue weighted by Gasteiger charge is 2.33. The van der Waals surface area contributed by atoms with E-state index in [2.05, 4.69) is 88.1 Å². The first kappa shape index (κ1) is 27.9. The number of hydrogen-bond donors (Lipinski definition) is 0. The molecule has 0 bridgehead atoms. The number of rotatable bonds is 10. The van der Waals surface area contributed by atoms with Crippen LogP contribution in [0.15, 0.2) is 140 Å². The minimum Gasteiger partial charge on any atom is -0.281 e. The fourth-order valence-electron chi connectivity index (χ4n) is 5.41. The summed E-state index contributed by atoms with van der Waals surface area (Å²) < 4.78 is 1.93. The van der Waals surface area contributed by atoms with Gasteiger partial charge in [-0.05, 0) is 50.4 Å². The van der Waals surface area contributed by atoms with E-state index < -0.39 is 0 Å². The summed E-state index contributed by atoms with van der Waals surface area (Å²) in [6, 6.07) is 46.5. The molecule has 0 saturated carbocycles. The summed E-state index contributed by atoms with van der Waals surface area (Å²) in [5, 5.41) is 14.7. The van der Waals surface area contributed by atoms with Crippen LogP contribution in [0.25, 0.3) is 0 Å². The maximum absolute atomic E-state index is 6.97. The summed E-state index contributed by atoms with van der Waals surface area (Å²) in [5.41, 5.74) is 5.38. The highest BCUT2D eigenvalue weighted by atomic mass is 35.5. The number of halogens is 2. The maximum atomic E-state index is 6.97. The number of tetrazole rings is 1. The first-order chi connectivity index (χ1) is 20.7. The Labute approximate surface area is 256 Å². The van der Waals surface area contributed by atoms with Gasteiger partial charge in [0.25, 0.3) is 0 Å². The summed E-state index contributed by atoms with van der Waals surface area (Å²) in [6.45, 7) is 1.29. The minimum atomic E-state index is -0.389. The second-order valence-electron chi connectivity index (χ2n) is 10.2. The number of benzene rings is 5. The predicted octanol–water partition coefficient (Wildman–Crippen LogP) is 8.41. The zero-order chi connectivity index (χ0) is 28.7. The quantitative estimate of drug-likeness (QED) is 0.161. The van der Waals surface area contributed by atoms with Crippen molar-refractivity contribution in [2.24, 2.45) is 0 Å². The molecular formula is C35H29Cl2N5. The van der Waals surface area contributed by atoms with E-state index >= 15 is 0 Å². The van der Waals surface area contributed by atoms with Crippen LogP contribution in [-0.2, 0) is 13.1 Å². The lowest BCUT2D eigenvalue weighted by Crippen LogP contribution is -2.32. The van der Waals surface area contributed by atoms with Gasteiger partial charge in [-0.25, -0.2) is 4.68 Å². The molecule has 7 heteroatoms. The molecule has 6 rings (SSSR count). The van der Waals surface area contributed by atoms with Gasteiger partial charge >= 0.3 is 0 Å². The molecule has 5 aromatic carbocycles. The molecule has 0 unspecified atom stereocenters. The molecule has 0 aliphatic rings. The summed E-state index contributed by atoms with van der Waals surface area (Å²) in [7, 11) is 0. The van der Waals surface area contributed by atoms with Crippen molar-refractivity contribution < 1.29 is 0 Å². The van der Waals surface area contributed by atoms with Gasteiger partial charge in [-0.3, -0.25) is 4.90 Å². The largest absolute Gasteiger partial charge is 0.281 e. The van der Waals surface area contributed by atoms with Gasteiger partial charge in [-0.1, -0.05) is 151 Å². The van der Waals surface area contributed by atoms with Crippen LogP contribution in [0.3, 0.4) is 0 Å². The Hall–Kier alpha value is -4.29. The van der Waals surface area contributed by atoms with Gasteiger partial charge in [0.15, 0.2) is 5.82 Å². The highest BCUT2D eigenvalue weighted by molar-refractivity contribution is 6.35. The summed E-state index contributed by atoms with van der Waals surface area (Å²) in [6.07, 6.45) is 0. The van der Waals surface area contributed by atoms with E-state index in [4.69, 9.17) is 28.3 Å². The molecule has 1 atom stereocenters. The van der Waals surface area contributed by atoms with Crippen molar-refractivity contribution in [3.63, 3.8) is 0 Å². The predicted molar refractivity (Wildman–Crippen MR) is 168 cm³/mol. The van der Waals surface area contributed by atoms with E-state index in [0.717, 1.165) is 16.7 Å². The third-order valence-corrected chi connectivity index (χ3v) is 7.88. The Balaban J connectivity index is 1.55. The molecule has 0 saturated heterocycles. The molecule has 0 aliphatic heterocycles. The van der Waals surface area contributed by atoms with Gasteiger partial charge < -0.3 is 0 Å². The van der Waals surface area contributed by atoms with Gasteiger partial charge in [-0.2, -0.15) is 0 Å². The Morgan fingerprint density at radius 1 is 0.619 bits per heavy atom. The van der Waals surface area contributed by atoms with Gasteiger partial charge in [0, 0.05) is 23.1 Å². The summed E-state index contributed by atoms with van der Waals surface area (Å²) >= 11 is 13.4. The average Bonchev–Trinajstić information content (AvgIpc) is 3.49. The van der Waals surface area contributed by atoms with Gasteiger partial charge in [0.1, 0.15) is 6.04 Å². The normalized spacial score (nSPS) is 12.1. The van der Waals surface area contributed by atoms with E-state index in [9.17, 15) is 0 Å². The van der Waals surface area contributed by atoms with Crippen molar-refractivity contribution in [1.29, 1.82) is 0 Å². The third kappa shape index (κ3) is 6.29. The molecule has 208 valence electrons. The molecular weight excluding hydrogens is 561 g/mol. The smallest absolute Gasteiger partial charge is 0.174 e. The molecule has 6 aromatic rings. The molecule has 0 aliphatic carbocycles.